The van der Waals surface area contributed by atoms with Crippen molar-refractivity contribution in [1.29, 1.82) is 0 Å². The summed E-state index contributed by atoms with van der Waals surface area (Å²) in [5.41, 5.74) is 0.897. The van der Waals surface area contributed by atoms with Crippen LogP contribution in [0.4, 0.5) is 11.6 Å². The first kappa shape index (κ1) is 14.7. The van der Waals surface area contributed by atoms with Crippen molar-refractivity contribution in [2.75, 3.05) is 35.2 Å². The third-order valence-electron chi connectivity index (χ3n) is 2.57. The molecular formula is C11H20N4O2S. The molecule has 1 heterocycles. The van der Waals surface area contributed by atoms with Crippen LogP contribution in [-0.4, -0.2) is 43.0 Å². The lowest BCUT2D eigenvalue weighted by molar-refractivity contribution is 0.597. The van der Waals surface area contributed by atoms with E-state index in [9.17, 15) is 8.42 Å². The van der Waals surface area contributed by atoms with E-state index in [-0.39, 0.29) is 11.5 Å². The smallest absolute Gasteiger partial charge is 0.151 e. The highest BCUT2D eigenvalue weighted by Crippen LogP contribution is 2.17. The van der Waals surface area contributed by atoms with Gasteiger partial charge >= 0.3 is 0 Å². The third kappa shape index (κ3) is 4.14. The molecule has 1 rings (SSSR count). The SMILES string of the molecule is CCNc1ncnc(NCCS(=O)(=O)CC)c1C. The standard InChI is InChI=1S/C11H20N4O2S/c1-4-12-10-9(3)11(15-8-14-10)13-6-7-18(16,17)5-2/h8H,4-7H2,1-3H3,(H2,12,13,14,15). The molecule has 0 aliphatic carbocycles. The largest absolute Gasteiger partial charge is 0.370 e. The van der Waals surface area contributed by atoms with Crippen LogP contribution in [0.1, 0.15) is 19.4 Å². The van der Waals surface area contributed by atoms with Crippen molar-refractivity contribution in [3.8, 4) is 0 Å². The van der Waals surface area contributed by atoms with E-state index >= 15 is 0 Å². The molecule has 0 bridgehead atoms. The minimum absolute atomic E-state index is 0.115. The fraction of sp³-hybridized carbons (Fsp3) is 0.636. The van der Waals surface area contributed by atoms with Gasteiger partial charge in [-0.05, 0) is 13.8 Å². The minimum atomic E-state index is -2.94. The molecule has 6 nitrogen and oxygen atoms in total. The maximum absolute atomic E-state index is 11.4. The Morgan fingerprint density at radius 2 is 1.78 bits per heavy atom. The van der Waals surface area contributed by atoms with Crippen LogP contribution in [0.3, 0.4) is 0 Å². The maximum Gasteiger partial charge on any atom is 0.151 e. The number of anilines is 2. The quantitative estimate of drug-likeness (QED) is 0.772. The molecule has 0 radical (unpaired) electrons. The summed E-state index contributed by atoms with van der Waals surface area (Å²) in [5.74, 6) is 1.73. The van der Waals surface area contributed by atoms with Gasteiger partial charge in [0.1, 0.15) is 18.0 Å². The molecular weight excluding hydrogens is 252 g/mol. The van der Waals surface area contributed by atoms with E-state index in [2.05, 4.69) is 20.6 Å². The zero-order chi connectivity index (χ0) is 13.6. The lowest BCUT2D eigenvalue weighted by atomic mass is 10.3. The van der Waals surface area contributed by atoms with Gasteiger partial charge in [-0.25, -0.2) is 18.4 Å². The van der Waals surface area contributed by atoms with Crippen molar-refractivity contribution >= 4 is 21.5 Å². The average Bonchev–Trinajstić information content (AvgIpc) is 2.34. The predicted molar refractivity (Wildman–Crippen MR) is 73.8 cm³/mol. The number of nitrogens with one attached hydrogen (secondary N) is 2. The number of hydrogen-bond acceptors (Lipinski definition) is 6. The second-order valence-corrected chi connectivity index (χ2v) is 6.36. The lowest BCUT2D eigenvalue weighted by Crippen LogP contribution is -2.18. The van der Waals surface area contributed by atoms with Crippen LogP contribution in [-0.2, 0) is 9.84 Å². The Kier molecular flexibility index (Phi) is 5.33. The number of sulfone groups is 1. The Bertz CT molecular complexity index is 488. The van der Waals surface area contributed by atoms with E-state index in [1.165, 1.54) is 6.33 Å². The van der Waals surface area contributed by atoms with E-state index in [1.54, 1.807) is 6.92 Å². The topological polar surface area (TPSA) is 84.0 Å². The highest BCUT2D eigenvalue weighted by molar-refractivity contribution is 7.91. The lowest BCUT2D eigenvalue weighted by Gasteiger charge is -2.11. The van der Waals surface area contributed by atoms with Gasteiger partial charge in [0.2, 0.25) is 0 Å². The van der Waals surface area contributed by atoms with Crippen LogP contribution in [0.25, 0.3) is 0 Å². The molecule has 2 N–H and O–H groups in total. The molecule has 0 spiro atoms. The van der Waals surface area contributed by atoms with Gasteiger partial charge < -0.3 is 10.6 Å². The van der Waals surface area contributed by atoms with Gasteiger partial charge in [0.05, 0.1) is 5.75 Å². The summed E-state index contributed by atoms with van der Waals surface area (Å²) < 4.78 is 22.7. The highest BCUT2D eigenvalue weighted by Gasteiger charge is 2.09. The molecule has 0 aliphatic rings. The van der Waals surface area contributed by atoms with E-state index in [4.69, 9.17) is 0 Å². The van der Waals surface area contributed by atoms with Gasteiger partial charge in [0, 0.05) is 24.4 Å². The van der Waals surface area contributed by atoms with E-state index in [0.717, 1.165) is 17.9 Å². The predicted octanol–water partition coefficient (Wildman–Crippen LogP) is 1.06. The fourth-order valence-corrected chi connectivity index (χ4v) is 2.15. The van der Waals surface area contributed by atoms with Crippen LogP contribution in [0.15, 0.2) is 6.33 Å². The van der Waals surface area contributed by atoms with E-state index in [0.29, 0.717) is 12.4 Å². The van der Waals surface area contributed by atoms with Gasteiger partial charge in [-0.15, -0.1) is 0 Å². The second-order valence-electron chi connectivity index (χ2n) is 3.89. The molecule has 1 aromatic heterocycles. The molecule has 102 valence electrons. The zero-order valence-electron chi connectivity index (χ0n) is 11.0. The number of aromatic nitrogens is 2. The highest BCUT2D eigenvalue weighted by atomic mass is 32.2. The first-order valence-corrected chi connectivity index (χ1v) is 7.82. The van der Waals surface area contributed by atoms with Crippen LogP contribution >= 0.6 is 0 Å². The van der Waals surface area contributed by atoms with Crippen molar-refractivity contribution in [1.82, 2.24) is 9.97 Å². The van der Waals surface area contributed by atoms with Gasteiger partial charge in [0.15, 0.2) is 9.84 Å². The monoisotopic (exact) mass is 272 g/mol. The van der Waals surface area contributed by atoms with Crippen molar-refractivity contribution in [2.45, 2.75) is 20.8 Å². The molecule has 0 fully saturated rings. The average molecular weight is 272 g/mol. The Hall–Kier alpha value is -1.37. The number of rotatable bonds is 7. The molecule has 0 unspecified atom stereocenters. The molecule has 0 saturated carbocycles. The molecule has 0 amide bonds. The molecule has 0 saturated heterocycles. The van der Waals surface area contributed by atoms with Crippen LogP contribution in [0, 0.1) is 6.92 Å². The molecule has 18 heavy (non-hydrogen) atoms. The maximum atomic E-state index is 11.4. The number of hydrogen-bond donors (Lipinski definition) is 2. The summed E-state index contributed by atoms with van der Waals surface area (Å²) in [5, 5.41) is 6.16. The summed E-state index contributed by atoms with van der Waals surface area (Å²) in [6.45, 7) is 6.67. The Balaban J connectivity index is 2.65. The first-order chi connectivity index (χ1) is 8.50. The summed E-state index contributed by atoms with van der Waals surface area (Å²) in [6.07, 6.45) is 1.46. The summed E-state index contributed by atoms with van der Waals surface area (Å²) in [7, 11) is -2.94. The minimum Gasteiger partial charge on any atom is -0.370 e. The van der Waals surface area contributed by atoms with Crippen LogP contribution in [0.2, 0.25) is 0 Å². The third-order valence-corrected chi connectivity index (χ3v) is 4.28. The Morgan fingerprint density at radius 3 is 2.33 bits per heavy atom. The molecule has 1 aromatic rings. The Morgan fingerprint density at radius 1 is 1.17 bits per heavy atom. The summed E-state index contributed by atoms with van der Waals surface area (Å²) >= 11 is 0. The van der Waals surface area contributed by atoms with Crippen molar-refractivity contribution in [2.24, 2.45) is 0 Å². The van der Waals surface area contributed by atoms with Crippen molar-refractivity contribution < 1.29 is 8.42 Å². The van der Waals surface area contributed by atoms with Crippen molar-refractivity contribution in [3.63, 3.8) is 0 Å². The summed E-state index contributed by atoms with van der Waals surface area (Å²) in [6, 6.07) is 0. The van der Waals surface area contributed by atoms with Crippen molar-refractivity contribution in [3.05, 3.63) is 11.9 Å². The van der Waals surface area contributed by atoms with Crippen LogP contribution < -0.4 is 10.6 Å². The normalized spacial score (nSPS) is 11.3. The molecule has 0 atom stereocenters. The molecule has 7 heteroatoms. The zero-order valence-corrected chi connectivity index (χ0v) is 11.8. The summed E-state index contributed by atoms with van der Waals surface area (Å²) in [4.78, 5) is 8.23. The fourth-order valence-electron chi connectivity index (χ4n) is 1.44. The van der Waals surface area contributed by atoms with E-state index in [1.807, 2.05) is 13.8 Å². The van der Waals surface area contributed by atoms with Crippen LogP contribution in [0.5, 0.6) is 0 Å². The van der Waals surface area contributed by atoms with Gasteiger partial charge in [0.25, 0.3) is 0 Å². The van der Waals surface area contributed by atoms with Gasteiger partial charge in [-0.2, -0.15) is 0 Å². The second kappa shape index (κ2) is 6.53. The van der Waals surface area contributed by atoms with E-state index < -0.39 is 9.84 Å². The van der Waals surface area contributed by atoms with Gasteiger partial charge in [-0.1, -0.05) is 6.92 Å². The van der Waals surface area contributed by atoms with Gasteiger partial charge in [-0.3, -0.25) is 0 Å². The first-order valence-electron chi connectivity index (χ1n) is 6.00. The number of nitrogens with zero attached hydrogens (tertiary/aromatic N) is 2. The Labute approximate surface area is 108 Å². The molecule has 0 aromatic carbocycles. The molecule has 0 aliphatic heterocycles.